The van der Waals surface area contributed by atoms with Gasteiger partial charge in [0, 0.05) is 17.7 Å². The van der Waals surface area contributed by atoms with Crippen LogP contribution < -0.4 is 10.6 Å². The molecule has 1 fully saturated rings. The predicted molar refractivity (Wildman–Crippen MR) is 147 cm³/mol. The van der Waals surface area contributed by atoms with E-state index in [1.54, 1.807) is 44.0 Å². The Labute approximate surface area is 228 Å². The van der Waals surface area contributed by atoms with E-state index in [2.05, 4.69) is 32.3 Å². The topological polar surface area (TPSA) is 118 Å². The minimum atomic E-state index is -0.645. The lowest BCUT2D eigenvalue weighted by Crippen LogP contribution is -2.47. The van der Waals surface area contributed by atoms with E-state index < -0.39 is 22.9 Å². The first-order chi connectivity index (χ1) is 18.4. The molecule has 0 aliphatic heterocycles. The number of rotatable bonds is 7. The number of ether oxygens (including phenoxy) is 1. The van der Waals surface area contributed by atoms with Gasteiger partial charge in [-0.05, 0) is 70.7 Å². The summed E-state index contributed by atoms with van der Waals surface area (Å²) in [5.41, 5.74) is 1.59. The molecule has 0 unspecified atom stereocenters. The minimum Gasteiger partial charge on any atom is -0.444 e. The van der Waals surface area contributed by atoms with E-state index in [0.717, 1.165) is 18.4 Å². The maximum absolute atomic E-state index is 15.4. The molecule has 204 valence electrons. The van der Waals surface area contributed by atoms with E-state index in [1.807, 2.05) is 32.2 Å². The Morgan fingerprint density at radius 1 is 1.26 bits per heavy atom. The number of nitrogens with one attached hydrogen (secondary N) is 2. The highest BCUT2D eigenvalue weighted by molar-refractivity contribution is 5.74. The van der Waals surface area contributed by atoms with Gasteiger partial charge in [0.2, 0.25) is 0 Å². The number of halogens is 1. The van der Waals surface area contributed by atoms with Crippen molar-refractivity contribution in [2.24, 2.45) is 5.41 Å². The summed E-state index contributed by atoms with van der Waals surface area (Å²) < 4.78 is 22.6. The standard InChI is InChI=1S/C29H34FN7O2/c1-18-14-33-37(17-18)23-12-22(15-32-16-23)35-26-21(13-31)11-24(30)25(36-26)19(2)29(9-7-8-10-29)20(3)34-27(38)39-28(4,5)6/h11-12,14-17,20H,2,7-10H2,1,3-6H3,(H,34,38)(H,35,36)/t20-/m0/s1. The van der Waals surface area contributed by atoms with Gasteiger partial charge in [0.1, 0.15) is 23.2 Å². The van der Waals surface area contributed by atoms with E-state index in [-0.39, 0.29) is 23.1 Å². The maximum atomic E-state index is 15.4. The largest absolute Gasteiger partial charge is 0.444 e. The zero-order chi connectivity index (χ0) is 28.4. The average molecular weight is 532 g/mol. The Morgan fingerprint density at radius 3 is 2.59 bits per heavy atom. The minimum absolute atomic E-state index is 0.0461. The van der Waals surface area contributed by atoms with Gasteiger partial charge in [0.15, 0.2) is 5.82 Å². The first-order valence-corrected chi connectivity index (χ1v) is 13.0. The van der Waals surface area contributed by atoms with Gasteiger partial charge in [-0.3, -0.25) is 4.98 Å². The number of pyridine rings is 2. The van der Waals surface area contributed by atoms with Crippen LogP contribution >= 0.6 is 0 Å². The fourth-order valence-electron chi connectivity index (χ4n) is 5.05. The zero-order valence-electron chi connectivity index (χ0n) is 23.0. The second-order valence-corrected chi connectivity index (χ2v) is 11.1. The molecule has 2 N–H and O–H groups in total. The fraction of sp³-hybridized carbons (Fsp3) is 0.414. The van der Waals surface area contributed by atoms with Gasteiger partial charge < -0.3 is 15.4 Å². The summed E-state index contributed by atoms with van der Waals surface area (Å²) in [4.78, 5) is 21.4. The summed E-state index contributed by atoms with van der Waals surface area (Å²) in [6.07, 6.45) is 9.57. The van der Waals surface area contributed by atoms with Crippen LogP contribution in [-0.4, -0.2) is 37.5 Å². The zero-order valence-corrected chi connectivity index (χ0v) is 23.0. The van der Waals surface area contributed by atoms with Crippen molar-refractivity contribution in [1.29, 1.82) is 5.26 Å². The van der Waals surface area contributed by atoms with E-state index >= 15 is 4.39 Å². The predicted octanol–water partition coefficient (Wildman–Crippen LogP) is 6.21. The summed E-state index contributed by atoms with van der Waals surface area (Å²) in [7, 11) is 0. The van der Waals surface area contributed by atoms with Crippen LogP contribution in [-0.2, 0) is 4.74 Å². The number of hydrogen-bond acceptors (Lipinski definition) is 7. The molecule has 0 radical (unpaired) electrons. The van der Waals surface area contributed by atoms with Gasteiger partial charge in [0.25, 0.3) is 0 Å². The van der Waals surface area contributed by atoms with Gasteiger partial charge >= 0.3 is 6.09 Å². The lowest BCUT2D eigenvalue weighted by molar-refractivity contribution is 0.0476. The lowest BCUT2D eigenvalue weighted by Gasteiger charge is -2.38. The van der Waals surface area contributed by atoms with Crippen molar-refractivity contribution in [3.05, 3.63) is 66.1 Å². The van der Waals surface area contributed by atoms with E-state index in [1.165, 1.54) is 6.07 Å². The molecule has 3 heterocycles. The molecule has 0 saturated heterocycles. The number of alkyl carbamates (subject to hydrolysis) is 1. The quantitative estimate of drug-likeness (QED) is 0.372. The molecule has 1 atom stereocenters. The molecule has 0 spiro atoms. The second-order valence-electron chi connectivity index (χ2n) is 11.1. The van der Waals surface area contributed by atoms with Crippen LogP contribution in [0.5, 0.6) is 0 Å². The Kier molecular flexibility index (Phi) is 7.72. The SMILES string of the molecule is C=C(c1nc(Nc2cncc(-n3cc(C)cn3)c2)c(C#N)cc1F)C1([C@H](C)NC(=O)OC(C)(C)C)CCCC1. The van der Waals surface area contributed by atoms with Crippen molar-refractivity contribution in [3.63, 3.8) is 0 Å². The fourth-order valence-corrected chi connectivity index (χ4v) is 5.05. The molecule has 1 amide bonds. The summed E-state index contributed by atoms with van der Waals surface area (Å²) in [6.45, 7) is 13.5. The van der Waals surface area contributed by atoms with Crippen molar-refractivity contribution in [2.75, 3.05) is 5.32 Å². The van der Waals surface area contributed by atoms with Gasteiger partial charge in [-0.2, -0.15) is 10.4 Å². The molecule has 1 saturated carbocycles. The van der Waals surface area contributed by atoms with Crippen LogP contribution in [0.25, 0.3) is 11.3 Å². The van der Waals surface area contributed by atoms with Gasteiger partial charge in [-0.1, -0.05) is 19.4 Å². The van der Waals surface area contributed by atoms with Crippen LogP contribution in [0.2, 0.25) is 0 Å². The molecule has 3 aromatic heterocycles. The highest BCUT2D eigenvalue weighted by Crippen LogP contribution is 2.50. The number of nitrogens with zero attached hydrogens (tertiary/aromatic N) is 5. The number of carbonyl (C=O) groups is 1. The number of amides is 1. The number of nitriles is 1. The Hall–Kier alpha value is -4.26. The second kappa shape index (κ2) is 10.8. The molecular formula is C29H34FN7O2. The van der Waals surface area contributed by atoms with Crippen LogP contribution in [0.1, 0.15) is 70.2 Å². The Balaban J connectivity index is 1.65. The number of anilines is 2. The normalized spacial score (nSPS) is 15.3. The van der Waals surface area contributed by atoms with Crippen LogP contribution in [0, 0.1) is 29.5 Å². The van der Waals surface area contributed by atoms with Crippen LogP contribution in [0.4, 0.5) is 20.7 Å². The monoisotopic (exact) mass is 531 g/mol. The molecular weight excluding hydrogens is 497 g/mol. The van der Waals surface area contributed by atoms with Crippen molar-refractivity contribution in [1.82, 2.24) is 25.1 Å². The van der Waals surface area contributed by atoms with E-state index in [4.69, 9.17) is 4.74 Å². The summed E-state index contributed by atoms with van der Waals surface area (Å²) in [5, 5.41) is 20.1. The summed E-state index contributed by atoms with van der Waals surface area (Å²) in [6, 6.07) is 4.61. The molecule has 1 aliphatic rings. The number of hydrogen-bond donors (Lipinski definition) is 2. The third-order valence-electron chi connectivity index (χ3n) is 7.00. The Bertz CT molecular complexity index is 1430. The summed E-state index contributed by atoms with van der Waals surface area (Å²) in [5.74, 6) is -0.455. The highest BCUT2D eigenvalue weighted by atomic mass is 19.1. The Morgan fingerprint density at radius 2 is 1.97 bits per heavy atom. The van der Waals surface area contributed by atoms with Gasteiger partial charge in [-0.15, -0.1) is 0 Å². The van der Waals surface area contributed by atoms with Crippen LogP contribution in [0.15, 0.2) is 43.5 Å². The van der Waals surface area contributed by atoms with Crippen molar-refractivity contribution in [2.45, 2.75) is 71.9 Å². The molecule has 0 aromatic carbocycles. The van der Waals surface area contributed by atoms with E-state index in [0.29, 0.717) is 29.8 Å². The third kappa shape index (κ3) is 6.08. The van der Waals surface area contributed by atoms with Gasteiger partial charge in [-0.25, -0.2) is 18.9 Å². The number of aromatic nitrogens is 4. The molecule has 10 heteroatoms. The lowest BCUT2D eigenvalue weighted by atomic mass is 9.72. The van der Waals surface area contributed by atoms with Gasteiger partial charge in [0.05, 0.1) is 35.5 Å². The molecule has 3 aromatic rings. The first kappa shape index (κ1) is 27.8. The molecule has 4 rings (SSSR count). The van der Waals surface area contributed by atoms with E-state index in [9.17, 15) is 10.1 Å². The molecule has 9 nitrogen and oxygen atoms in total. The number of aryl methyl sites for hydroxylation is 1. The molecule has 0 bridgehead atoms. The van der Waals surface area contributed by atoms with Crippen molar-refractivity contribution >= 4 is 23.2 Å². The smallest absolute Gasteiger partial charge is 0.407 e. The first-order valence-electron chi connectivity index (χ1n) is 13.0. The van der Waals surface area contributed by atoms with Crippen molar-refractivity contribution in [3.8, 4) is 11.8 Å². The van der Waals surface area contributed by atoms with Crippen LogP contribution in [0.3, 0.4) is 0 Å². The third-order valence-corrected chi connectivity index (χ3v) is 7.00. The highest BCUT2D eigenvalue weighted by Gasteiger charge is 2.44. The molecule has 39 heavy (non-hydrogen) atoms. The molecule has 1 aliphatic carbocycles. The average Bonchev–Trinajstić information content (AvgIpc) is 3.54. The maximum Gasteiger partial charge on any atom is 0.407 e. The summed E-state index contributed by atoms with van der Waals surface area (Å²) >= 11 is 0. The van der Waals surface area contributed by atoms with Crippen molar-refractivity contribution < 1.29 is 13.9 Å². The number of carbonyl (C=O) groups excluding carboxylic acids is 1.